The second-order valence-electron chi connectivity index (χ2n) is 6.11. The number of rotatable bonds is 1. The Morgan fingerprint density at radius 3 is 2.78 bits per heavy atom. The number of benzene rings is 1. The van der Waals surface area contributed by atoms with Gasteiger partial charge in [-0.25, -0.2) is 0 Å². The Kier molecular flexibility index (Phi) is 3.01. The van der Waals surface area contributed by atoms with Crippen LogP contribution in [0.4, 0.5) is 0 Å². The highest BCUT2D eigenvalue weighted by molar-refractivity contribution is 6.01. The molecule has 6 heteroatoms. The topological polar surface area (TPSA) is 58.4 Å². The number of hydrogen-bond acceptors (Lipinski definition) is 3. The van der Waals surface area contributed by atoms with E-state index in [2.05, 4.69) is 5.10 Å². The van der Waals surface area contributed by atoms with Crippen LogP contribution in [0.1, 0.15) is 44.6 Å². The monoisotopic (exact) mass is 310 g/mol. The molecule has 2 aromatic rings. The molecule has 0 N–H and O–H groups in total. The number of fused-ring (bicyclic) bond motifs is 3. The van der Waals surface area contributed by atoms with Gasteiger partial charge in [0.2, 0.25) is 0 Å². The second kappa shape index (κ2) is 4.94. The first-order valence-electron chi connectivity index (χ1n) is 7.79. The van der Waals surface area contributed by atoms with Gasteiger partial charge >= 0.3 is 0 Å². The molecular weight excluding hydrogens is 292 g/mol. The van der Waals surface area contributed by atoms with Crippen LogP contribution in [0, 0.1) is 6.92 Å². The Morgan fingerprint density at radius 2 is 2.04 bits per heavy atom. The first-order chi connectivity index (χ1) is 11.1. The number of nitrogens with zero attached hydrogens (tertiary/aromatic N) is 4. The maximum Gasteiger partial charge on any atom is 0.259 e. The van der Waals surface area contributed by atoms with Gasteiger partial charge in [0.25, 0.3) is 11.8 Å². The van der Waals surface area contributed by atoms with Gasteiger partial charge in [0, 0.05) is 37.5 Å². The van der Waals surface area contributed by atoms with Crippen LogP contribution in [0.15, 0.2) is 30.5 Å². The summed E-state index contributed by atoms with van der Waals surface area (Å²) < 4.78 is 1.65. The highest BCUT2D eigenvalue weighted by Gasteiger charge is 2.44. The average Bonchev–Trinajstić information content (AvgIpc) is 3.05. The summed E-state index contributed by atoms with van der Waals surface area (Å²) in [6.45, 7) is 3.17. The lowest BCUT2D eigenvalue weighted by Gasteiger charge is -2.40. The second-order valence-corrected chi connectivity index (χ2v) is 6.11. The van der Waals surface area contributed by atoms with Gasteiger partial charge in [-0.05, 0) is 19.4 Å². The molecule has 0 radical (unpaired) electrons. The van der Waals surface area contributed by atoms with E-state index < -0.39 is 0 Å². The molecule has 1 aromatic heterocycles. The normalized spacial score (nSPS) is 19.7. The smallest absolute Gasteiger partial charge is 0.259 e. The summed E-state index contributed by atoms with van der Waals surface area (Å²) in [5, 5.41) is 4.26. The van der Waals surface area contributed by atoms with Crippen molar-refractivity contribution in [2.24, 2.45) is 7.05 Å². The summed E-state index contributed by atoms with van der Waals surface area (Å²) >= 11 is 0. The van der Waals surface area contributed by atoms with E-state index in [-0.39, 0.29) is 18.0 Å². The summed E-state index contributed by atoms with van der Waals surface area (Å²) in [5.74, 6) is -0.0409. The first kappa shape index (κ1) is 14.0. The van der Waals surface area contributed by atoms with Crippen LogP contribution < -0.4 is 0 Å². The molecule has 0 unspecified atom stereocenters. The third kappa shape index (κ3) is 1.98. The number of carbonyl (C=O) groups excluding carboxylic acids is 2. The van der Waals surface area contributed by atoms with E-state index in [9.17, 15) is 9.59 Å². The van der Waals surface area contributed by atoms with E-state index in [0.717, 1.165) is 12.0 Å². The number of hydrogen-bond donors (Lipinski definition) is 0. The van der Waals surface area contributed by atoms with Crippen molar-refractivity contribution in [1.29, 1.82) is 0 Å². The van der Waals surface area contributed by atoms with Crippen molar-refractivity contribution < 1.29 is 9.59 Å². The van der Waals surface area contributed by atoms with Crippen molar-refractivity contribution in [3.8, 4) is 0 Å². The average molecular weight is 310 g/mol. The van der Waals surface area contributed by atoms with Crippen molar-refractivity contribution in [1.82, 2.24) is 19.6 Å². The lowest BCUT2D eigenvalue weighted by molar-refractivity contribution is 0.0164. The highest BCUT2D eigenvalue weighted by atomic mass is 16.2. The number of aryl methyl sites for hydroxylation is 2. The van der Waals surface area contributed by atoms with E-state index in [0.29, 0.717) is 29.9 Å². The van der Waals surface area contributed by atoms with Crippen LogP contribution in [0.25, 0.3) is 0 Å². The highest BCUT2D eigenvalue weighted by Crippen LogP contribution is 2.39. The molecule has 0 bridgehead atoms. The molecule has 1 fully saturated rings. The fourth-order valence-corrected chi connectivity index (χ4v) is 3.62. The van der Waals surface area contributed by atoms with Crippen LogP contribution in [-0.2, 0) is 7.05 Å². The van der Waals surface area contributed by atoms with E-state index in [1.807, 2.05) is 31.2 Å². The van der Waals surface area contributed by atoms with Crippen molar-refractivity contribution in [2.45, 2.75) is 19.5 Å². The Hall–Kier alpha value is -2.63. The molecule has 118 valence electrons. The minimum absolute atomic E-state index is 0.0195. The summed E-state index contributed by atoms with van der Waals surface area (Å²) in [4.78, 5) is 29.2. The molecule has 2 aliphatic rings. The predicted molar refractivity (Wildman–Crippen MR) is 83.8 cm³/mol. The quantitative estimate of drug-likeness (QED) is 0.806. The molecule has 23 heavy (non-hydrogen) atoms. The van der Waals surface area contributed by atoms with Gasteiger partial charge in [-0.15, -0.1) is 0 Å². The van der Waals surface area contributed by atoms with Gasteiger partial charge < -0.3 is 9.80 Å². The molecule has 0 spiro atoms. The molecule has 2 aliphatic heterocycles. The zero-order valence-electron chi connectivity index (χ0n) is 13.2. The number of aromatic nitrogens is 2. The minimum Gasteiger partial charge on any atom is -0.314 e. The van der Waals surface area contributed by atoms with Crippen LogP contribution in [-0.4, -0.2) is 44.5 Å². The zero-order valence-corrected chi connectivity index (χ0v) is 13.2. The number of amides is 2. The van der Waals surface area contributed by atoms with Crippen molar-refractivity contribution in [2.75, 3.05) is 13.1 Å². The van der Waals surface area contributed by atoms with Gasteiger partial charge in [0.15, 0.2) is 0 Å². The fourth-order valence-electron chi connectivity index (χ4n) is 3.62. The largest absolute Gasteiger partial charge is 0.314 e. The van der Waals surface area contributed by atoms with Crippen LogP contribution in [0.2, 0.25) is 0 Å². The lowest BCUT2D eigenvalue weighted by Crippen LogP contribution is -2.48. The van der Waals surface area contributed by atoms with Gasteiger partial charge in [0.05, 0.1) is 11.3 Å². The minimum atomic E-state index is -0.292. The Balaban J connectivity index is 1.76. The van der Waals surface area contributed by atoms with Crippen molar-refractivity contribution >= 4 is 11.8 Å². The van der Waals surface area contributed by atoms with E-state index in [4.69, 9.17) is 0 Å². The van der Waals surface area contributed by atoms with Crippen LogP contribution in [0.3, 0.4) is 0 Å². The summed E-state index contributed by atoms with van der Waals surface area (Å²) in [6, 6.07) is 7.57. The van der Waals surface area contributed by atoms with Gasteiger partial charge in [-0.3, -0.25) is 14.3 Å². The lowest BCUT2D eigenvalue weighted by atomic mass is 10.1. The number of carbonyl (C=O) groups is 2. The maximum atomic E-state index is 13.0. The molecule has 2 amide bonds. The molecule has 0 saturated carbocycles. The molecule has 1 atom stereocenters. The van der Waals surface area contributed by atoms with Gasteiger partial charge in [-0.2, -0.15) is 5.10 Å². The molecule has 1 aromatic carbocycles. The molecule has 1 saturated heterocycles. The first-order valence-corrected chi connectivity index (χ1v) is 7.79. The Bertz CT molecular complexity index is 811. The van der Waals surface area contributed by atoms with E-state index in [1.54, 1.807) is 27.7 Å². The molecular formula is C17H18N4O2. The van der Waals surface area contributed by atoms with Crippen molar-refractivity contribution in [3.63, 3.8) is 0 Å². The Morgan fingerprint density at radius 1 is 1.26 bits per heavy atom. The third-order valence-electron chi connectivity index (χ3n) is 4.62. The maximum absolute atomic E-state index is 13.0. The molecule has 3 heterocycles. The Labute approximate surface area is 134 Å². The van der Waals surface area contributed by atoms with Gasteiger partial charge in [0.1, 0.15) is 6.17 Å². The van der Waals surface area contributed by atoms with E-state index in [1.165, 1.54) is 0 Å². The summed E-state index contributed by atoms with van der Waals surface area (Å²) in [6.07, 6.45) is 2.25. The zero-order chi connectivity index (χ0) is 16.1. The van der Waals surface area contributed by atoms with Crippen molar-refractivity contribution in [3.05, 3.63) is 52.8 Å². The molecule has 4 rings (SSSR count). The van der Waals surface area contributed by atoms with Crippen LogP contribution in [0.5, 0.6) is 0 Å². The summed E-state index contributed by atoms with van der Waals surface area (Å²) in [5.41, 5.74) is 2.95. The van der Waals surface area contributed by atoms with E-state index >= 15 is 0 Å². The molecule has 0 aliphatic carbocycles. The molecule has 6 nitrogen and oxygen atoms in total. The SMILES string of the molecule is Cc1nn(C)cc1C(=O)N1CCCN2C(=O)c3ccccc3[C@@H]21. The van der Waals surface area contributed by atoms with Gasteiger partial charge in [-0.1, -0.05) is 18.2 Å². The third-order valence-corrected chi connectivity index (χ3v) is 4.62. The van der Waals surface area contributed by atoms with Crippen LogP contribution >= 0.6 is 0 Å². The fraction of sp³-hybridized carbons (Fsp3) is 0.353. The summed E-state index contributed by atoms with van der Waals surface area (Å²) in [7, 11) is 1.81. The predicted octanol–water partition coefficient (Wildman–Crippen LogP) is 1.73. The standard InChI is InChI=1S/C17H18N4O2/c1-11-14(10-19(2)18-11)17(23)21-9-5-8-20-15(21)12-6-3-4-7-13(12)16(20)22/h3-4,6-7,10,15H,5,8-9H2,1-2H3/t15-/m0/s1.